The minimum atomic E-state index is -4.63. The van der Waals surface area contributed by atoms with Crippen LogP contribution in [0.15, 0.2) is 30.9 Å². The van der Waals surface area contributed by atoms with Crippen molar-refractivity contribution in [1.29, 1.82) is 0 Å². The molecule has 2 amide bonds. The topological polar surface area (TPSA) is 107 Å². The van der Waals surface area contributed by atoms with Crippen LogP contribution < -0.4 is 9.64 Å². The van der Waals surface area contributed by atoms with Gasteiger partial charge in [0.2, 0.25) is 5.88 Å². The number of anilines is 1. The summed E-state index contributed by atoms with van der Waals surface area (Å²) in [4.78, 5) is 30.3. The molecule has 2 N–H and O–H groups in total. The van der Waals surface area contributed by atoms with E-state index in [0.29, 0.717) is 43.7 Å². The molecule has 3 aliphatic rings. The summed E-state index contributed by atoms with van der Waals surface area (Å²) in [5.74, 6) is -2.97. The van der Waals surface area contributed by atoms with E-state index in [4.69, 9.17) is 4.74 Å². The number of carbonyl (C=O) groups excluding carboxylic acids is 1. The number of pyridine rings is 1. The van der Waals surface area contributed by atoms with E-state index in [1.165, 1.54) is 17.3 Å². The first-order valence-electron chi connectivity index (χ1n) is 12.0. The third kappa shape index (κ3) is 3.84. The number of amides is 2. The van der Waals surface area contributed by atoms with Crippen LogP contribution in [0, 0.1) is 0 Å². The van der Waals surface area contributed by atoms with E-state index in [1.54, 1.807) is 0 Å². The number of ether oxygens (including phenoxy) is 1. The Morgan fingerprint density at radius 1 is 1.11 bits per heavy atom. The Morgan fingerprint density at radius 3 is 2.53 bits per heavy atom. The number of nitrogens with one attached hydrogen (secondary N) is 1. The van der Waals surface area contributed by atoms with Crippen molar-refractivity contribution in [2.24, 2.45) is 0 Å². The molecular formula is C24H23F5N6O3. The molecule has 2 bridgehead atoms. The van der Waals surface area contributed by atoms with Crippen molar-refractivity contribution in [2.75, 3.05) is 11.4 Å². The third-order valence-corrected chi connectivity index (χ3v) is 7.87. The molecule has 1 unspecified atom stereocenters. The normalized spacial score (nSPS) is 27.7. The van der Waals surface area contributed by atoms with E-state index in [-0.39, 0.29) is 29.5 Å². The lowest BCUT2D eigenvalue weighted by Crippen LogP contribution is -2.51. The number of aromatic amines is 1. The predicted octanol–water partition coefficient (Wildman–Crippen LogP) is 4.58. The molecule has 1 atom stereocenters. The van der Waals surface area contributed by atoms with Crippen LogP contribution in [0.2, 0.25) is 0 Å². The Balaban J connectivity index is 1.25. The standard InChI is InChI=1S/C24H23F5N6O3/c1-21(25,26)16-7-15-18(33-16)31-12-32-19(15)38-23-4-2-22(11-23,3-5-23)35-17(36)10-34(20(35)37)14-6-13(8-30-9-14)24(27,28)29/h6-9,12,17,36H,2-5,10-11H2,1H3,(H,31,32,33). The van der Waals surface area contributed by atoms with E-state index in [2.05, 4.69) is 19.9 Å². The summed E-state index contributed by atoms with van der Waals surface area (Å²) >= 11 is 0. The fraction of sp³-hybridized carbons (Fsp3) is 0.500. The Hall–Kier alpha value is -3.55. The molecule has 3 aromatic heterocycles. The number of aromatic nitrogens is 4. The number of aliphatic hydroxyl groups excluding tert-OH is 1. The van der Waals surface area contributed by atoms with Crippen molar-refractivity contribution in [1.82, 2.24) is 24.8 Å². The van der Waals surface area contributed by atoms with Crippen LogP contribution >= 0.6 is 0 Å². The van der Waals surface area contributed by atoms with Gasteiger partial charge in [-0.15, -0.1) is 0 Å². The number of aliphatic hydroxyl groups is 1. The van der Waals surface area contributed by atoms with Crippen LogP contribution in [0.4, 0.5) is 32.4 Å². The molecule has 0 radical (unpaired) electrons. The van der Waals surface area contributed by atoms with Crippen LogP contribution in [0.3, 0.4) is 0 Å². The highest BCUT2D eigenvalue weighted by Crippen LogP contribution is 2.57. The van der Waals surface area contributed by atoms with Crippen molar-refractivity contribution >= 4 is 22.8 Å². The molecular weight excluding hydrogens is 515 g/mol. The van der Waals surface area contributed by atoms with Crippen molar-refractivity contribution in [3.63, 3.8) is 0 Å². The number of H-pyrrole nitrogens is 1. The number of hydrogen-bond acceptors (Lipinski definition) is 6. The summed E-state index contributed by atoms with van der Waals surface area (Å²) in [5, 5.41) is 11.2. The number of urea groups is 1. The highest BCUT2D eigenvalue weighted by Gasteiger charge is 2.63. The van der Waals surface area contributed by atoms with Gasteiger partial charge in [0.15, 0.2) is 0 Å². The van der Waals surface area contributed by atoms with Gasteiger partial charge in [-0.2, -0.15) is 13.2 Å². The van der Waals surface area contributed by atoms with Crippen molar-refractivity contribution in [3.05, 3.63) is 42.1 Å². The summed E-state index contributed by atoms with van der Waals surface area (Å²) in [7, 11) is 0. The molecule has 0 aromatic carbocycles. The van der Waals surface area contributed by atoms with E-state index in [0.717, 1.165) is 24.1 Å². The van der Waals surface area contributed by atoms with E-state index < -0.39 is 41.1 Å². The fourth-order valence-corrected chi connectivity index (χ4v) is 6.07. The summed E-state index contributed by atoms with van der Waals surface area (Å²) < 4.78 is 73.6. The Morgan fingerprint density at radius 2 is 1.84 bits per heavy atom. The molecule has 38 heavy (non-hydrogen) atoms. The first kappa shape index (κ1) is 24.8. The zero-order chi connectivity index (χ0) is 27.1. The van der Waals surface area contributed by atoms with Crippen LogP contribution in [0.5, 0.6) is 5.88 Å². The molecule has 2 saturated carbocycles. The summed E-state index contributed by atoms with van der Waals surface area (Å²) in [6, 6.07) is 1.48. The lowest BCUT2D eigenvalue weighted by molar-refractivity contribution is -0.137. The first-order chi connectivity index (χ1) is 17.8. The lowest BCUT2D eigenvalue weighted by atomic mass is 9.91. The first-order valence-corrected chi connectivity index (χ1v) is 12.0. The summed E-state index contributed by atoms with van der Waals surface area (Å²) in [6.45, 7) is 0.561. The molecule has 0 spiro atoms. The maximum absolute atomic E-state index is 13.9. The fourth-order valence-electron chi connectivity index (χ4n) is 6.07. The summed E-state index contributed by atoms with van der Waals surface area (Å²) in [5.41, 5.74) is -2.68. The molecule has 3 fully saturated rings. The van der Waals surface area contributed by atoms with Crippen molar-refractivity contribution in [2.45, 2.75) is 68.5 Å². The lowest BCUT2D eigenvalue weighted by Gasteiger charge is -2.38. The number of alkyl halides is 5. The molecule has 3 aromatic rings. The molecule has 6 rings (SSSR count). The Bertz CT molecular complexity index is 1410. The van der Waals surface area contributed by atoms with Crippen LogP contribution in [0.1, 0.15) is 50.3 Å². The van der Waals surface area contributed by atoms with E-state index in [9.17, 15) is 31.9 Å². The minimum absolute atomic E-state index is 0.0550. The second kappa shape index (κ2) is 7.98. The average molecular weight is 538 g/mol. The number of fused-ring (bicyclic) bond motifs is 3. The summed E-state index contributed by atoms with van der Waals surface area (Å²) in [6.07, 6.45) is -0.458. The van der Waals surface area contributed by atoms with Gasteiger partial charge in [0.25, 0.3) is 5.92 Å². The smallest absolute Gasteiger partial charge is 0.417 e. The highest BCUT2D eigenvalue weighted by atomic mass is 19.4. The second-order valence-electron chi connectivity index (χ2n) is 10.4. The van der Waals surface area contributed by atoms with Crippen LogP contribution in [-0.4, -0.2) is 59.9 Å². The van der Waals surface area contributed by atoms with Gasteiger partial charge < -0.3 is 14.8 Å². The molecule has 2 aliphatic carbocycles. The number of carbonyl (C=O) groups is 1. The van der Waals surface area contributed by atoms with Gasteiger partial charge in [-0.05, 0) is 37.8 Å². The SMILES string of the molecule is CC(F)(F)c1cc2c(OC34CCC(N5C(=O)N(c6cncc(C(F)(F)F)c6)CC5O)(CC3)C4)ncnc2[nH]1. The number of nitrogens with zero attached hydrogens (tertiary/aromatic N) is 5. The van der Waals surface area contributed by atoms with Crippen molar-refractivity contribution in [3.8, 4) is 5.88 Å². The van der Waals surface area contributed by atoms with Crippen LogP contribution in [0.25, 0.3) is 11.0 Å². The maximum Gasteiger partial charge on any atom is 0.417 e. The average Bonchev–Trinajstić information content (AvgIpc) is 3.59. The molecule has 9 nitrogen and oxygen atoms in total. The monoisotopic (exact) mass is 538 g/mol. The maximum atomic E-state index is 13.9. The van der Waals surface area contributed by atoms with E-state index in [1.807, 2.05) is 0 Å². The Labute approximate surface area is 212 Å². The third-order valence-electron chi connectivity index (χ3n) is 7.87. The Kier molecular flexibility index (Phi) is 5.20. The van der Waals surface area contributed by atoms with Gasteiger partial charge in [0.1, 0.15) is 23.8 Å². The van der Waals surface area contributed by atoms with Gasteiger partial charge in [-0.1, -0.05) is 0 Å². The number of hydrogen-bond donors (Lipinski definition) is 2. The number of β-amino-alcohol motifs (C(OH)–C–C–N with tert-alkyl or cyclic N) is 1. The number of halogens is 5. The van der Waals surface area contributed by atoms with Gasteiger partial charge >= 0.3 is 12.2 Å². The molecule has 14 heteroatoms. The molecule has 1 aliphatic heterocycles. The van der Waals surface area contributed by atoms with Crippen molar-refractivity contribution < 1.29 is 36.6 Å². The minimum Gasteiger partial charge on any atom is -0.470 e. The molecule has 202 valence electrons. The highest BCUT2D eigenvalue weighted by molar-refractivity contribution is 5.95. The predicted molar refractivity (Wildman–Crippen MR) is 122 cm³/mol. The molecule has 4 heterocycles. The van der Waals surface area contributed by atoms with Gasteiger partial charge in [-0.25, -0.2) is 23.5 Å². The zero-order valence-corrected chi connectivity index (χ0v) is 20.1. The largest absolute Gasteiger partial charge is 0.470 e. The van der Waals surface area contributed by atoms with E-state index >= 15 is 0 Å². The second-order valence-corrected chi connectivity index (χ2v) is 10.4. The number of rotatable bonds is 5. The quantitative estimate of drug-likeness (QED) is 0.461. The van der Waals surface area contributed by atoms with Crippen LogP contribution in [-0.2, 0) is 12.1 Å². The van der Waals surface area contributed by atoms with Gasteiger partial charge in [0.05, 0.1) is 40.6 Å². The molecule has 1 saturated heterocycles. The van der Waals surface area contributed by atoms with Gasteiger partial charge in [0, 0.05) is 19.5 Å². The van der Waals surface area contributed by atoms with Gasteiger partial charge in [-0.3, -0.25) is 14.8 Å². The zero-order valence-electron chi connectivity index (χ0n) is 20.1.